The van der Waals surface area contributed by atoms with Gasteiger partial charge in [-0.3, -0.25) is 9.59 Å². The summed E-state index contributed by atoms with van der Waals surface area (Å²) in [6.07, 6.45) is 4.71. The SMILES string of the molecule is CCCC(=O)Nc1ccc(C(=O)N2CCCCC2C)cc1. The second kappa shape index (κ2) is 7.25. The largest absolute Gasteiger partial charge is 0.336 e. The van der Waals surface area contributed by atoms with E-state index in [2.05, 4.69) is 12.2 Å². The van der Waals surface area contributed by atoms with Gasteiger partial charge < -0.3 is 10.2 Å². The molecule has 0 bridgehead atoms. The van der Waals surface area contributed by atoms with E-state index >= 15 is 0 Å². The smallest absolute Gasteiger partial charge is 0.254 e. The topological polar surface area (TPSA) is 49.4 Å². The standard InChI is InChI=1S/C17H24N2O2/c1-3-6-16(20)18-15-10-8-14(9-11-15)17(21)19-12-5-4-7-13(19)2/h8-11,13H,3-7,12H2,1-2H3,(H,18,20). The Labute approximate surface area is 126 Å². The van der Waals surface area contributed by atoms with Crippen LogP contribution in [0.15, 0.2) is 24.3 Å². The normalized spacial score (nSPS) is 18.4. The van der Waals surface area contributed by atoms with Crippen molar-refractivity contribution in [3.05, 3.63) is 29.8 Å². The van der Waals surface area contributed by atoms with Crippen molar-refractivity contribution in [2.45, 2.75) is 52.0 Å². The van der Waals surface area contributed by atoms with Gasteiger partial charge in [-0.2, -0.15) is 0 Å². The molecule has 1 aromatic rings. The van der Waals surface area contributed by atoms with Gasteiger partial charge in [0.15, 0.2) is 0 Å². The second-order valence-corrected chi connectivity index (χ2v) is 5.72. The minimum atomic E-state index is 0.0150. The van der Waals surface area contributed by atoms with Gasteiger partial charge >= 0.3 is 0 Å². The molecular formula is C17H24N2O2. The van der Waals surface area contributed by atoms with Crippen molar-refractivity contribution in [2.75, 3.05) is 11.9 Å². The average molecular weight is 288 g/mol. The van der Waals surface area contributed by atoms with Crippen molar-refractivity contribution in [1.29, 1.82) is 0 Å². The van der Waals surface area contributed by atoms with Gasteiger partial charge in [0, 0.05) is 30.3 Å². The Morgan fingerprint density at radius 3 is 2.57 bits per heavy atom. The highest BCUT2D eigenvalue weighted by Crippen LogP contribution is 2.20. The highest BCUT2D eigenvalue weighted by Gasteiger charge is 2.23. The molecular weight excluding hydrogens is 264 g/mol. The maximum absolute atomic E-state index is 12.5. The number of nitrogens with one attached hydrogen (secondary N) is 1. The Balaban J connectivity index is 2.01. The van der Waals surface area contributed by atoms with Gasteiger partial charge in [-0.1, -0.05) is 6.92 Å². The molecule has 114 valence electrons. The van der Waals surface area contributed by atoms with E-state index in [0.717, 1.165) is 31.5 Å². The number of anilines is 1. The Kier molecular flexibility index (Phi) is 5.37. The molecule has 1 aromatic carbocycles. The van der Waals surface area contributed by atoms with Gasteiger partial charge in [0.05, 0.1) is 0 Å². The van der Waals surface area contributed by atoms with Crippen molar-refractivity contribution >= 4 is 17.5 Å². The first-order valence-corrected chi connectivity index (χ1v) is 7.82. The number of hydrogen-bond acceptors (Lipinski definition) is 2. The van der Waals surface area contributed by atoms with Crippen LogP contribution in [-0.2, 0) is 4.79 Å². The molecule has 21 heavy (non-hydrogen) atoms. The third-order valence-electron chi connectivity index (χ3n) is 3.96. The summed E-state index contributed by atoms with van der Waals surface area (Å²) in [6, 6.07) is 7.51. The number of carbonyl (C=O) groups excluding carboxylic acids is 2. The summed E-state index contributed by atoms with van der Waals surface area (Å²) < 4.78 is 0. The molecule has 2 amide bonds. The maximum atomic E-state index is 12.5. The van der Waals surface area contributed by atoms with Crippen molar-refractivity contribution in [3.63, 3.8) is 0 Å². The van der Waals surface area contributed by atoms with E-state index in [0.29, 0.717) is 18.0 Å². The summed E-state index contributed by atoms with van der Waals surface area (Å²) in [4.78, 5) is 26.0. The van der Waals surface area contributed by atoms with E-state index in [1.807, 2.05) is 11.8 Å². The summed E-state index contributed by atoms with van der Waals surface area (Å²) in [6.45, 7) is 4.92. The van der Waals surface area contributed by atoms with Crippen LogP contribution >= 0.6 is 0 Å². The summed E-state index contributed by atoms with van der Waals surface area (Å²) in [7, 11) is 0. The first kappa shape index (κ1) is 15.5. The Bertz CT molecular complexity index is 496. The molecule has 1 aliphatic heterocycles. The second-order valence-electron chi connectivity index (χ2n) is 5.72. The molecule has 1 heterocycles. The third kappa shape index (κ3) is 4.06. The fourth-order valence-electron chi connectivity index (χ4n) is 2.71. The lowest BCUT2D eigenvalue weighted by atomic mass is 10.0. The van der Waals surface area contributed by atoms with Crippen molar-refractivity contribution in [3.8, 4) is 0 Å². The monoisotopic (exact) mass is 288 g/mol. The zero-order chi connectivity index (χ0) is 15.2. The van der Waals surface area contributed by atoms with Crippen molar-refractivity contribution in [2.24, 2.45) is 0 Å². The predicted octanol–water partition coefficient (Wildman–Crippen LogP) is 3.44. The van der Waals surface area contributed by atoms with Gasteiger partial charge in [0.2, 0.25) is 5.91 Å². The van der Waals surface area contributed by atoms with Crippen molar-refractivity contribution in [1.82, 2.24) is 4.90 Å². The zero-order valence-electron chi connectivity index (χ0n) is 12.9. The Morgan fingerprint density at radius 2 is 1.95 bits per heavy atom. The summed E-state index contributed by atoms with van der Waals surface area (Å²) in [5, 5.41) is 2.83. The minimum Gasteiger partial charge on any atom is -0.336 e. The number of likely N-dealkylation sites (tertiary alicyclic amines) is 1. The molecule has 0 aromatic heterocycles. The van der Waals surface area contributed by atoms with Crippen LogP contribution in [0, 0.1) is 0 Å². The fraction of sp³-hybridized carbons (Fsp3) is 0.529. The van der Waals surface area contributed by atoms with Crippen LogP contribution in [0.2, 0.25) is 0 Å². The maximum Gasteiger partial charge on any atom is 0.254 e. The number of benzene rings is 1. The van der Waals surface area contributed by atoms with E-state index in [4.69, 9.17) is 0 Å². The summed E-state index contributed by atoms with van der Waals surface area (Å²) in [5.41, 5.74) is 1.44. The predicted molar refractivity (Wildman–Crippen MR) is 84.3 cm³/mol. The Hall–Kier alpha value is -1.84. The van der Waals surface area contributed by atoms with Crippen LogP contribution in [0.5, 0.6) is 0 Å². The van der Waals surface area contributed by atoms with Crippen LogP contribution in [0.3, 0.4) is 0 Å². The highest BCUT2D eigenvalue weighted by atomic mass is 16.2. The number of carbonyl (C=O) groups is 2. The number of nitrogens with zero attached hydrogens (tertiary/aromatic N) is 1. The lowest BCUT2D eigenvalue weighted by Gasteiger charge is -2.33. The van der Waals surface area contributed by atoms with Crippen LogP contribution in [-0.4, -0.2) is 29.3 Å². The molecule has 0 spiro atoms. The average Bonchev–Trinajstić information content (AvgIpc) is 2.48. The molecule has 0 aliphatic carbocycles. The molecule has 2 rings (SSSR count). The van der Waals surface area contributed by atoms with Gasteiger partial charge in [-0.15, -0.1) is 0 Å². The van der Waals surface area contributed by atoms with E-state index in [-0.39, 0.29) is 11.8 Å². The summed E-state index contributed by atoms with van der Waals surface area (Å²) in [5.74, 6) is 0.106. The van der Waals surface area contributed by atoms with Crippen molar-refractivity contribution < 1.29 is 9.59 Å². The highest BCUT2D eigenvalue weighted by molar-refractivity contribution is 5.96. The molecule has 1 aliphatic rings. The molecule has 4 heteroatoms. The molecule has 0 saturated carbocycles. The van der Waals surface area contributed by atoms with Crippen LogP contribution < -0.4 is 5.32 Å². The van der Waals surface area contributed by atoms with Crippen LogP contribution in [0.1, 0.15) is 56.3 Å². The molecule has 1 atom stereocenters. The molecule has 1 unspecified atom stereocenters. The summed E-state index contributed by atoms with van der Waals surface area (Å²) >= 11 is 0. The van der Waals surface area contributed by atoms with E-state index < -0.39 is 0 Å². The molecule has 0 radical (unpaired) electrons. The van der Waals surface area contributed by atoms with Crippen LogP contribution in [0.4, 0.5) is 5.69 Å². The van der Waals surface area contributed by atoms with E-state index in [1.165, 1.54) is 6.42 Å². The molecule has 1 saturated heterocycles. The third-order valence-corrected chi connectivity index (χ3v) is 3.96. The van der Waals surface area contributed by atoms with E-state index in [9.17, 15) is 9.59 Å². The fourth-order valence-corrected chi connectivity index (χ4v) is 2.71. The number of piperidine rings is 1. The van der Waals surface area contributed by atoms with Gasteiger partial charge in [0.1, 0.15) is 0 Å². The first-order valence-electron chi connectivity index (χ1n) is 7.82. The van der Waals surface area contributed by atoms with Gasteiger partial charge in [0.25, 0.3) is 5.91 Å². The minimum absolute atomic E-state index is 0.0150. The molecule has 1 fully saturated rings. The van der Waals surface area contributed by atoms with E-state index in [1.54, 1.807) is 24.3 Å². The van der Waals surface area contributed by atoms with Crippen LogP contribution in [0.25, 0.3) is 0 Å². The first-order chi connectivity index (χ1) is 10.1. The quantitative estimate of drug-likeness (QED) is 0.922. The molecule has 4 nitrogen and oxygen atoms in total. The Morgan fingerprint density at radius 1 is 1.24 bits per heavy atom. The van der Waals surface area contributed by atoms with Gasteiger partial charge in [-0.05, 0) is 56.9 Å². The number of hydrogen-bond donors (Lipinski definition) is 1. The lowest BCUT2D eigenvalue weighted by Crippen LogP contribution is -2.42. The molecule has 1 N–H and O–H groups in total. The zero-order valence-corrected chi connectivity index (χ0v) is 12.9. The number of amides is 2. The van der Waals surface area contributed by atoms with Gasteiger partial charge in [-0.25, -0.2) is 0 Å². The number of rotatable bonds is 4. The lowest BCUT2D eigenvalue weighted by molar-refractivity contribution is -0.116.